The van der Waals surface area contributed by atoms with Gasteiger partial charge >= 0.3 is 0 Å². The minimum absolute atomic E-state index is 0. The molecule has 178 valence electrons. The van der Waals surface area contributed by atoms with Crippen molar-refractivity contribution < 1.29 is 14.2 Å². The maximum Gasteiger partial charge on any atom is 0.160 e. The second-order valence-corrected chi connectivity index (χ2v) is 8.23. The van der Waals surface area contributed by atoms with Gasteiger partial charge in [-0.25, -0.2) is 0 Å². The van der Waals surface area contributed by atoms with E-state index in [9.17, 15) is 0 Å². The smallest absolute Gasteiger partial charge is 0.160 e. The Labute approximate surface area is 212 Å². The number of ether oxygens (including phenoxy) is 3. The van der Waals surface area contributed by atoms with Crippen molar-refractivity contribution in [3.8, 4) is 17.2 Å². The molecule has 4 aromatic rings. The molecule has 6 heteroatoms. The van der Waals surface area contributed by atoms with Gasteiger partial charge < -0.3 is 19.5 Å². The first-order valence-corrected chi connectivity index (χ1v) is 11.3. The summed E-state index contributed by atoms with van der Waals surface area (Å²) in [6.07, 6.45) is 0.881. The Morgan fingerprint density at radius 3 is 2.24 bits per heavy atom. The third-order valence-electron chi connectivity index (χ3n) is 5.65. The summed E-state index contributed by atoms with van der Waals surface area (Å²) < 4.78 is 17.0. The molecule has 34 heavy (non-hydrogen) atoms. The van der Waals surface area contributed by atoms with E-state index in [-0.39, 0.29) is 12.4 Å². The highest BCUT2D eigenvalue weighted by Crippen LogP contribution is 2.30. The molecular weight excluding hydrogens is 469 g/mol. The minimum Gasteiger partial charge on any atom is -0.493 e. The summed E-state index contributed by atoms with van der Waals surface area (Å²) in [7, 11) is 3.31. The van der Waals surface area contributed by atoms with Crippen molar-refractivity contribution in [2.24, 2.45) is 0 Å². The van der Waals surface area contributed by atoms with Gasteiger partial charge in [0.2, 0.25) is 0 Å². The lowest BCUT2D eigenvalue weighted by Gasteiger charge is -2.16. The molecule has 0 fully saturated rings. The predicted molar refractivity (Wildman–Crippen MR) is 142 cm³/mol. The maximum atomic E-state index is 6.23. The first kappa shape index (κ1) is 25.7. The van der Waals surface area contributed by atoms with E-state index in [2.05, 4.69) is 47.8 Å². The van der Waals surface area contributed by atoms with E-state index in [0.29, 0.717) is 13.2 Å². The van der Waals surface area contributed by atoms with Crippen LogP contribution in [0, 0.1) is 0 Å². The molecule has 0 aliphatic rings. The summed E-state index contributed by atoms with van der Waals surface area (Å²) in [6, 6.07) is 26.4. The highest BCUT2D eigenvalue weighted by molar-refractivity contribution is 6.30. The van der Waals surface area contributed by atoms with E-state index in [1.165, 1.54) is 16.3 Å². The Bertz CT molecular complexity index is 1210. The average molecular weight is 498 g/mol. The minimum atomic E-state index is 0. The zero-order valence-electron chi connectivity index (χ0n) is 19.3. The Morgan fingerprint density at radius 1 is 0.765 bits per heavy atom. The summed E-state index contributed by atoms with van der Waals surface area (Å²) in [6.45, 7) is 2.04. The molecule has 0 bridgehead atoms. The SMILES string of the molecule is COc1ccc(CCNCc2c(OCc3ccc(Cl)cc3)ccc3ccccc23)cc1OC.Cl. The van der Waals surface area contributed by atoms with Gasteiger partial charge in [-0.1, -0.05) is 60.1 Å². The fraction of sp³-hybridized carbons (Fsp3) is 0.214. The fourth-order valence-electron chi connectivity index (χ4n) is 3.86. The van der Waals surface area contributed by atoms with Crippen LogP contribution in [0.1, 0.15) is 16.7 Å². The van der Waals surface area contributed by atoms with Crippen LogP contribution in [0.5, 0.6) is 17.2 Å². The zero-order chi connectivity index (χ0) is 23.0. The molecule has 0 aliphatic heterocycles. The molecule has 0 aliphatic carbocycles. The van der Waals surface area contributed by atoms with E-state index in [0.717, 1.165) is 46.4 Å². The van der Waals surface area contributed by atoms with E-state index in [1.54, 1.807) is 14.2 Å². The number of nitrogens with one attached hydrogen (secondary N) is 1. The lowest BCUT2D eigenvalue weighted by Crippen LogP contribution is -2.17. The van der Waals surface area contributed by atoms with Gasteiger partial charge in [0.1, 0.15) is 12.4 Å². The summed E-state index contributed by atoms with van der Waals surface area (Å²) in [5.74, 6) is 2.39. The molecule has 0 saturated carbocycles. The van der Waals surface area contributed by atoms with Crippen LogP contribution in [0.25, 0.3) is 10.8 Å². The molecule has 4 aromatic carbocycles. The van der Waals surface area contributed by atoms with Crippen LogP contribution < -0.4 is 19.5 Å². The first-order valence-electron chi connectivity index (χ1n) is 11.0. The molecule has 0 aromatic heterocycles. The van der Waals surface area contributed by atoms with Gasteiger partial charge in [0, 0.05) is 17.1 Å². The van der Waals surface area contributed by atoms with Crippen molar-refractivity contribution in [3.05, 3.63) is 101 Å². The lowest BCUT2D eigenvalue weighted by molar-refractivity contribution is 0.303. The van der Waals surface area contributed by atoms with Crippen LogP contribution in [-0.2, 0) is 19.6 Å². The molecule has 0 heterocycles. The summed E-state index contributed by atoms with van der Waals surface area (Å²) in [5, 5.41) is 6.71. The molecule has 0 saturated heterocycles. The van der Waals surface area contributed by atoms with Crippen LogP contribution in [0.3, 0.4) is 0 Å². The highest BCUT2D eigenvalue weighted by atomic mass is 35.5. The van der Waals surface area contributed by atoms with Crippen molar-refractivity contribution >= 4 is 34.8 Å². The van der Waals surface area contributed by atoms with Crippen molar-refractivity contribution in [1.82, 2.24) is 5.32 Å². The van der Waals surface area contributed by atoms with Gasteiger partial charge in [-0.3, -0.25) is 0 Å². The van der Waals surface area contributed by atoms with Crippen LogP contribution >= 0.6 is 24.0 Å². The largest absolute Gasteiger partial charge is 0.493 e. The number of hydrogen-bond acceptors (Lipinski definition) is 4. The number of fused-ring (bicyclic) bond motifs is 1. The second kappa shape index (κ2) is 12.5. The van der Waals surface area contributed by atoms with Crippen molar-refractivity contribution in [2.75, 3.05) is 20.8 Å². The molecule has 1 N–H and O–H groups in total. The fourth-order valence-corrected chi connectivity index (χ4v) is 3.98. The van der Waals surface area contributed by atoms with Crippen molar-refractivity contribution in [2.45, 2.75) is 19.6 Å². The van der Waals surface area contributed by atoms with Gasteiger partial charge in [0.05, 0.1) is 14.2 Å². The standard InChI is InChI=1S/C28H28ClNO3.ClH/c1-31-27-13-9-20(17-28(27)32-2)15-16-30-18-25-24-6-4-3-5-22(24)10-14-26(25)33-19-21-7-11-23(29)12-8-21;/h3-14,17,30H,15-16,18-19H2,1-2H3;1H. The van der Waals surface area contributed by atoms with E-state index >= 15 is 0 Å². The zero-order valence-corrected chi connectivity index (χ0v) is 20.9. The van der Waals surface area contributed by atoms with Crippen LogP contribution in [0.15, 0.2) is 78.9 Å². The Morgan fingerprint density at radius 2 is 1.47 bits per heavy atom. The Hall–Kier alpha value is -2.92. The van der Waals surface area contributed by atoms with Gasteiger partial charge in [0.15, 0.2) is 11.5 Å². The summed E-state index contributed by atoms with van der Waals surface area (Å²) in [5.41, 5.74) is 3.44. The first-order chi connectivity index (χ1) is 16.2. The molecule has 0 radical (unpaired) electrons. The maximum absolute atomic E-state index is 6.23. The van der Waals surface area contributed by atoms with Gasteiger partial charge in [-0.2, -0.15) is 0 Å². The number of halogens is 2. The second-order valence-electron chi connectivity index (χ2n) is 7.79. The molecule has 0 spiro atoms. The lowest BCUT2D eigenvalue weighted by atomic mass is 10.0. The van der Waals surface area contributed by atoms with Crippen molar-refractivity contribution in [1.29, 1.82) is 0 Å². The van der Waals surface area contributed by atoms with Gasteiger partial charge in [-0.05, 0) is 65.2 Å². The van der Waals surface area contributed by atoms with E-state index in [1.807, 2.05) is 36.4 Å². The number of benzene rings is 4. The molecule has 0 amide bonds. The van der Waals surface area contributed by atoms with Crippen molar-refractivity contribution in [3.63, 3.8) is 0 Å². The number of methoxy groups -OCH3 is 2. The summed E-state index contributed by atoms with van der Waals surface area (Å²) in [4.78, 5) is 0. The molecule has 4 rings (SSSR count). The molecule has 0 atom stereocenters. The number of rotatable bonds is 10. The van der Waals surface area contributed by atoms with Crippen LogP contribution in [-0.4, -0.2) is 20.8 Å². The quantitative estimate of drug-likeness (QED) is 0.243. The van der Waals surface area contributed by atoms with Gasteiger partial charge in [0.25, 0.3) is 0 Å². The monoisotopic (exact) mass is 497 g/mol. The topological polar surface area (TPSA) is 39.7 Å². The van der Waals surface area contributed by atoms with Crippen LogP contribution in [0.2, 0.25) is 5.02 Å². The van der Waals surface area contributed by atoms with E-state index in [4.69, 9.17) is 25.8 Å². The highest BCUT2D eigenvalue weighted by Gasteiger charge is 2.10. The van der Waals surface area contributed by atoms with E-state index < -0.39 is 0 Å². The Balaban J connectivity index is 0.00000324. The average Bonchev–Trinajstić information content (AvgIpc) is 2.86. The molecule has 0 unspecified atom stereocenters. The van der Waals surface area contributed by atoms with Crippen LogP contribution in [0.4, 0.5) is 0 Å². The normalized spacial score (nSPS) is 10.6. The predicted octanol–water partition coefficient (Wildman–Crippen LogP) is 6.84. The number of hydrogen-bond donors (Lipinski definition) is 1. The molecular formula is C28H29Cl2NO3. The molecule has 4 nitrogen and oxygen atoms in total. The summed E-state index contributed by atoms with van der Waals surface area (Å²) >= 11 is 6.00. The Kier molecular flexibility index (Phi) is 9.46. The third-order valence-corrected chi connectivity index (χ3v) is 5.90. The third kappa shape index (κ3) is 6.35. The van der Waals surface area contributed by atoms with Gasteiger partial charge in [-0.15, -0.1) is 12.4 Å².